The molecule has 2 aromatic heterocycles. The van der Waals surface area contributed by atoms with Crippen LogP contribution in [0.5, 0.6) is 5.75 Å². The van der Waals surface area contributed by atoms with Gasteiger partial charge in [0, 0.05) is 45.3 Å². The average molecular weight is 721 g/mol. The molecule has 1 aliphatic heterocycles. The minimum atomic E-state index is 0.165. The zero-order valence-corrected chi connectivity index (χ0v) is 31.1. The number of fused-ring (bicyclic) bond motifs is 2. The van der Waals surface area contributed by atoms with Crippen LogP contribution < -0.4 is 4.74 Å². The summed E-state index contributed by atoms with van der Waals surface area (Å²) in [7, 11) is 1.68. The maximum Gasteiger partial charge on any atom is 0.162 e. The molecule has 53 heavy (non-hydrogen) atoms. The molecule has 0 spiro atoms. The van der Waals surface area contributed by atoms with Gasteiger partial charge >= 0.3 is 0 Å². The molecule has 0 amide bonds. The smallest absolute Gasteiger partial charge is 0.162 e. The second kappa shape index (κ2) is 15.5. The van der Waals surface area contributed by atoms with Crippen LogP contribution in [0.15, 0.2) is 103 Å². The normalized spacial score (nSPS) is 16.9. The fraction of sp³-hybridized carbons (Fsp3) is 0.298. The van der Waals surface area contributed by atoms with Crippen molar-refractivity contribution in [1.29, 1.82) is 0 Å². The van der Waals surface area contributed by atoms with Crippen LogP contribution in [-0.2, 0) is 11.3 Å². The molecule has 0 unspecified atom stereocenters. The Hall–Kier alpha value is -5.00. The molecule has 1 saturated carbocycles. The van der Waals surface area contributed by atoms with E-state index in [0.29, 0.717) is 30.3 Å². The van der Waals surface area contributed by atoms with Crippen molar-refractivity contribution in [3.63, 3.8) is 0 Å². The zero-order valence-electron chi connectivity index (χ0n) is 30.4. The van der Waals surface area contributed by atoms with Crippen molar-refractivity contribution in [2.75, 3.05) is 7.11 Å². The summed E-state index contributed by atoms with van der Waals surface area (Å²) >= 11 is 6.23. The number of carbonyl (C=O) groups excluding carboxylic acids is 2. The number of aromatic nitrogens is 2. The first kappa shape index (κ1) is 35.1. The predicted octanol–water partition coefficient (Wildman–Crippen LogP) is 12.6. The molecule has 1 aliphatic carbocycles. The quantitative estimate of drug-likeness (QED) is 0.166. The molecule has 0 N–H and O–H groups in total. The van der Waals surface area contributed by atoms with Crippen LogP contribution in [0, 0.1) is 0 Å². The molecular weight excluding hydrogens is 676 g/mol. The van der Waals surface area contributed by atoms with Crippen molar-refractivity contribution in [2.45, 2.75) is 83.1 Å². The van der Waals surface area contributed by atoms with Crippen LogP contribution >= 0.6 is 11.6 Å². The number of allylic oxidation sites excluding steroid dienone is 2. The number of benzene rings is 4. The number of nitrogens with zero attached hydrogens (tertiary/aromatic N) is 2. The summed E-state index contributed by atoms with van der Waals surface area (Å²) in [5, 5.41) is 2.89. The summed E-state index contributed by atoms with van der Waals surface area (Å²) in [6.45, 7) is 0.290. The molecule has 6 heteroatoms. The Morgan fingerprint density at radius 2 is 1.47 bits per heavy atom. The first-order valence-corrected chi connectivity index (χ1v) is 19.6. The largest absolute Gasteiger partial charge is 0.497 e. The number of carbonyl (C=O) groups is 2. The average Bonchev–Trinajstić information content (AvgIpc) is 3.51. The van der Waals surface area contributed by atoms with Gasteiger partial charge in [-0.15, -0.1) is 0 Å². The van der Waals surface area contributed by atoms with Gasteiger partial charge in [0.25, 0.3) is 0 Å². The lowest BCUT2D eigenvalue weighted by molar-refractivity contribution is -0.119. The Morgan fingerprint density at radius 3 is 2.26 bits per heavy atom. The molecule has 6 aromatic rings. The number of ketones is 2. The third-order valence-corrected chi connectivity index (χ3v) is 11.4. The van der Waals surface area contributed by atoms with Crippen molar-refractivity contribution in [3.8, 4) is 39.4 Å². The lowest BCUT2D eigenvalue weighted by Gasteiger charge is -2.24. The summed E-state index contributed by atoms with van der Waals surface area (Å²) in [4.78, 5) is 32.4. The second-order valence-electron chi connectivity index (χ2n) is 14.7. The molecule has 4 aromatic carbocycles. The first-order valence-electron chi connectivity index (χ1n) is 19.2. The van der Waals surface area contributed by atoms with Gasteiger partial charge < -0.3 is 9.30 Å². The van der Waals surface area contributed by atoms with Crippen LogP contribution in [0.3, 0.4) is 0 Å². The molecule has 3 heterocycles. The van der Waals surface area contributed by atoms with E-state index in [1.54, 1.807) is 7.11 Å². The predicted molar refractivity (Wildman–Crippen MR) is 217 cm³/mol. The van der Waals surface area contributed by atoms with Crippen molar-refractivity contribution in [2.24, 2.45) is 0 Å². The number of hydrogen-bond donors (Lipinski definition) is 0. The number of methoxy groups -OCH3 is 1. The van der Waals surface area contributed by atoms with Gasteiger partial charge in [0.2, 0.25) is 0 Å². The second-order valence-corrected chi connectivity index (χ2v) is 15.1. The van der Waals surface area contributed by atoms with E-state index in [1.807, 2.05) is 42.5 Å². The van der Waals surface area contributed by atoms with Crippen LogP contribution in [0.2, 0.25) is 5.02 Å². The van der Waals surface area contributed by atoms with E-state index >= 15 is 0 Å². The first-order chi connectivity index (χ1) is 26.0. The number of rotatable bonds is 5. The van der Waals surface area contributed by atoms with Gasteiger partial charge in [-0.05, 0) is 115 Å². The van der Waals surface area contributed by atoms with Gasteiger partial charge in [0.05, 0.1) is 30.6 Å². The third kappa shape index (κ3) is 7.32. The van der Waals surface area contributed by atoms with Gasteiger partial charge in [0.1, 0.15) is 5.75 Å². The molecule has 8 rings (SSSR count). The Labute approximate surface area is 316 Å². The number of ether oxygens (including phenoxy) is 1. The number of Topliss-reactive ketones (excluding diaryl/α,β-unsaturated/α-hetero) is 2. The highest BCUT2D eigenvalue weighted by Crippen LogP contribution is 2.45. The van der Waals surface area contributed by atoms with Gasteiger partial charge in [-0.1, -0.05) is 85.5 Å². The fourth-order valence-corrected chi connectivity index (χ4v) is 8.55. The molecule has 268 valence electrons. The van der Waals surface area contributed by atoms with E-state index in [4.69, 9.17) is 21.3 Å². The standard InChI is InChI=1S/C47H45ClN2O3/c1-53-38-22-24-39(31-15-20-36(48)21-16-31)41(29-38)43-26-18-33-27-35(19-25-42(33)49-43)47-46(32-11-7-6-8-12-32)40-23-17-34-28-44(40)50(47)30-37(51)13-9-4-2-3-5-10-14-45(34)52/h2-3,15-29,32H,4-14,30H2,1H3/b3-2-. The minimum Gasteiger partial charge on any atom is -0.497 e. The minimum absolute atomic E-state index is 0.165. The van der Waals surface area contributed by atoms with Crippen molar-refractivity contribution in [3.05, 3.63) is 119 Å². The van der Waals surface area contributed by atoms with E-state index in [2.05, 4.69) is 65.3 Å². The summed E-state index contributed by atoms with van der Waals surface area (Å²) in [5.74, 6) is 1.55. The Kier molecular flexibility index (Phi) is 10.3. The number of hydrogen-bond acceptors (Lipinski definition) is 4. The van der Waals surface area contributed by atoms with E-state index in [1.165, 1.54) is 30.2 Å². The molecule has 2 bridgehead atoms. The van der Waals surface area contributed by atoms with Crippen molar-refractivity contribution in [1.82, 2.24) is 9.55 Å². The molecule has 0 saturated heterocycles. The summed E-state index contributed by atoms with van der Waals surface area (Å²) in [6, 6.07) is 31.0. The van der Waals surface area contributed by atoms with Gasteiger partial charge in [-0.2, -0.15) is 0 Å². The highest BCUT2D eigenvalue weighted by Gasteiger charge is 2.28. The number of halogens is 1. The summed E-state index contributed by atoms with van der Waals surface area (Å²) in [6.07, 6.45) is 14.7. The highest BCUT2D eigenvalue weighted by molar-refractivity contribution is 6.30. The zero-order chi connectivity index (χ0) is 36.3. The van der Waals surface area contributed by atoms with E-state index in [-0.39, 0.29) is 11.6 Å². The molecule has 1 fully saturated rings. The highest BCUT2D eigenvalue weighted by atomic mass is 35.5. The molecule has 0 radical (unpaired) electrons. The topological polar surface area (TPSA) is 61.2 Å². The molecule has 5 nitrogen and oxygen atoms in total. The van der Waals surface area contributed by atoms with E-state index in [9.17, 15) is 9.59 Å². The van der Waals surface area contributed by atoms with Crippen LogP contribution in [0.1, 0.15) is 92.5 Å². The maximum atomic E-state index is 13.7. The Bertz CT molecular complexity index is 2350. The lowest BCUT2D eigenvalue weighted by Crippen LogP contribution is -2.12. The van der Waals surface area contributed by atoms with Crippen LogP contribution in [0.25, 0.3) is 55.4 Å². The molecule has 0 atom stereocenters. The third-order valence-electron chi connectivity index (χ3n) is 11.2. The van der Waals surface area contributed by atoms with Gasteiger partial charge in [-0.3, -0.25) is 9.59 Å². The van der Waals surface area contributed by atoms with E-state index in [0.717, 1.165) is 99.9 Å². The monoisotopic (exact) mass is 720 g/mol. The van der Waals surface area contributed by atoms with Gasteiger partial charge in [0.15, 0.2) is 11.6 Å². The van der Waals surface area contributed by atoms with E-state index < -0.39 is 0 Å². The molecule has 2 aliphatic rings. The summed E-state index contributed by atoms with van der Waals surface area (Å²) < 4.78 is 7.87. The van der Waals surface area contributed by atoms with Crippen LogP contribution in [0.4, 0.5) is 0 Å². The van der Waals surface area contributed by atoms with Crippen LogP contribution in [-0.4, -0.2) is 28.2 Å². The lowest BCUT2D eigenvalue weighted by atomic mass is 9.81. The Morgan fingerprint density at radius 1 is 0.717 bits per heavy atom. The molecular formula is C47H45ClN2O3. The summed E-state index contributed by atoms with van der Waals surface area (Å²) in [5.41, 5.74) is 10.1. The maximum absolute atomic E-state index is 13.7. The number of pyridine rings is 1. The SMILES string of the molecule is COc1ccc(-c2ccc(Cl)cc2)c(-c2ccc3cc(-c4c(C5CCCCC5)c5ccc6cc5n4CC(=O)CCC/C=C\CCCC6=O)ccc3n2)c1. The Balaban J connectivity index is 1.27. The van der Waals surface area contributed by atoms with Crippen molar-refractivity contribution < 1.29 is 14.3 Å². The van der Waals surface area contributed by atoms with Crippen molar-refractivity contribution >= 4 is 45.0 Å². The van der Waals surface area contributed by atoms with Gasteiger partial charge in [-0.25, -0.2) is 4.98 Å². The fourth-order valence-electron chi connectivity index (χ4n) is 8.43.